The Morgan fingerprint density at radius 3 is 2.52 bits per heavy atom. The van der Waals surface area contributed by atoms with E-state index in [0.29, 0.717) is 16.1 Å². The van der Waals surface area contributed by atoms with Crippen molar-refractivity contribution in [2.45, 2.75) is 36.6 Å². The molecule has 3 aromatic rings. The van der Waals surface area contributed by atoms with Gasteiger partial charge in [0.2, 0.25) is 11.1 Å². The van der Waals surface area contributed by atoms with Crippen LogP contribution in [0.5, 0.6) is 0 Å². The molecule has 3 heterocycles. The van der Waals surface area contributed by atoms with Gasteiger partial charge in [0.15, 0.2) is 5.13 Å². The number of hydrogen-bond acceptors (Lipinski definition) is 8. The van der Waals surface area contributed by atoms with Crippen molar-refractivity contribution >= 4 is 51.7 Å². The molecule has 0 aliphatic carbocycles. The van der Waals surface area contributed by atoms with Crippen LogP contribution < -0.4 is 5.32 Å². The number of carbonyl (C=O) groups excluding carboxylic acids is 1. The fourth-order valence-electron chi connectivity index (χ4n) is 2.48. The number of thioether (sulfide) groups is 2. The monoisotopic (exact) mass is 394 g/mol. The number of amides is 1. The van der Waals surface area contributed by atoms with E-state index in [2.05, 4.69) is 25.4 Å². The van der Waals surface area contributed by atoms with Crippen molar-refractivity contribution in [1.82, 2.24) is 24.6 Å². The fourth-order valence-corrected chi connectivity index (χ4v) is 4.45. The van der Waals surface area contributed by atoms with Gasteiger partial charge < -0.3 is 5.32 Å². The lowest BCUT2D eigenvalue weighted by Gasteiger charge is -2.09. The van der Waals surface area contributed by atoms with Crippen molar-refractivity contribution < 1.29 is 4.79 Å². The second-order valence-corrected chi connectivity index (χ2v) is 8.24. The molecule has 1 N–H and O–H groups in total. The van der Waals surface area contributed by atoms with E-state index in [1.165, 1.54) is 23.1 Å². The van der Waals surface area contributed by atoms with Gasteiger partial charge in [0.1, 0.15) is 0 Å². The van der Waals surface area contributed by atoms with E-state index in [9.17, 15) is 4.79 Å². The first-order valence-electron chi connectivity index (χ1n) is 7.51. The molecule has 1 amide bonds. The molecule has 0 spiro atoms. The number of aryl methyl sites for hydroxylation is 3. The van der Waals surface area contributed by atoms with E-state index in [0.717, 1.165) is 26.9 Å². The number of anilines is 1. The normalized spacial score (nSPS) is 11.2. The summed E-state index contributed by atoms with van der Waals surface area (Å²) in [5.41, 5.74) is 3.47. The first-order valence-corrected chi connectivity index (χ1v) is 10.8. The number of thiazole rings is 1. The first kappa shape index (κ1) is 18.2. The predicted molar refractivity (Wildman–Crippen MR) is 103 cm³/mol. The second-order valence-electron chi connectivity index (χ2n) is 5.39. The van der Waals surface area contributed by atoms with Crippen molar-refractivity contribution in [2.24, 2.45) is 0 Å². The van der Waals surface area contributed by atoms with Gasteiger partial charge in [-0.25, -0.2) is 14.5 Å². The summed E-state index contributed by atoms with van der Waals surface area (Å²) in [7, 11) is 0. The van der Waals surface area contributed by atoms with Crippen LogP contribution in [-0.4, -0.2) is 43.0 Å². The van der Waals surface area contributed by atoms with E-state index in [4.69, 9.17) is 0 Å². The van der Waals surface area contributed by atoms with Crippen molar-refractivity contribution in [3.05, 3.63) is 22.6 Å². The summed E-state index contributed by atoms with van der Waals surface area (Å²) < 4.78 is 2.80. The summed E-state index contributed by atoms with van der Waals surface area (Å²) in [5, 5.41) is 8.59. The maximum absolute atomic E-state index is 12.5. The molecule has 25 heavy (non-hydrogen) atoms. The number of hydrogen-bond donors (Lipinski definition) is 1. The molecule has 10 heteroatoms. The zero-order chi connectivity index (χ0) is 18.1. The highest BCUT2D eigenvalue weighted by molar-refractivity contribution is 8.00. The Balaban J connectivity index is 1.85. The van der Waals surface area contributed by atoms with E-state index in [1.807, 2.05) is 33.3 Å². The molecule has 0 bridgehead atoms. The van der Waals surface area contributed by atoms with Crippen LogP contribution in [0.1, 0.15) is 22.6 Å². The molecular weight excluding hydrogens is 376 g/mol. The van der Waals surface area contributed by atoms with Gasteiger partial charge in [-0.15, -0.1) is 16.9 Å². The maximum Gasteiger partial charge on any atom is 0.253 e. The summed E-state index contributed by atoms with van der Waals surface area (Å²) in [6.07, 6.45) is 4.15. The molecule has 0 aliphatic heterocycles. The summed E-state index contributed by atoms with van der Waals surface area (Å²) in [5.74, 6) is 0.447. The summed E-state index contributed by atoms with van der Waals surface area (Å²) in [6, 6.07) is 0. The minimum absolute atomic E-state index is 0.112. The molecule has 0 radical (unpaired) electrons. The van der Waals surface area contributed by atoms with Crippen LogP contribution in [-0.2, 0) is 11.2 Å². The smallest absolute Gasteiger partial charge is 0.253 e. The molecule has 0 saturated heterocycles. The highest BCUT2D eigenvalue weighted by Crippen LogP contribution is 2.30. The van der Waals surface area contributed by atoms with E-state index >= 15 is 0 Å². The molecule has 0 unspecified atom stereocenters. The van der Waals surface area contributed by atoms with Crippen LogP contribution in [0, 0.1) is 20.8 Å². The lowest BCUT2D eigenvalue weighted by atomic mass is 10.1. The lowest BCUT2D eigenvalue weighted by molar-refractivity contribution is -0.115. The van der Waals surface area contributed by atoms with Crippen molar-refractivity contribution in [3.63, 3.8) is 0 Å². The van der Waals surface area contributed by atoms with Gasteiger partial charge in [-0.1, -0.05) is 23.1 Å². The molecule has 0 saturated carbocycles. The molecule has 3 aromatic heterocycles. The van der Waals surface area contributed by atoms with Crippen LogP contribution in [0.15, 0.2) is 9.37 Å². The van der Waals surface area contributed by atoms with Crippen LogP contribution in [0.2, 0.25) is 0 Å². The molecule has 0 aliphatic rings. The van der Waals surface area contributed by atoms with Crippen LogP contribution in [0.3, 0.4) is 0 Å². The molecular formula is C15H18N6OS3. The molecule has 3 rings (SSSR count). The molecule has 0 atom stereocenters. The van der Waals surface area contributed by atoms with Crippen molar-refractivity contribution in [3.8, 4) is 0 Å². The fraction of sp³-hybridized carbons (Fsp3) is 0.400. The molecule has 7 nitrogen and oxygen atoms in total. The largest absolute Gasteiger partial charge is 0.302 e. The average Bonchev–Trinajstić information content (AvgIpc) is 3.14. The van der Waals surface area contributed by atoms with Gasteiger partial charge in [0.25, 0.3) is 5.78 Å². The van der Waals surface area contributed by atoms with E-state index in [-0.39, 0.29) is 12.3 Å². The minimum Gasteiger partial charge on any atom is -0.302 e. The van der Waals surface area contributed by atoms with Gasteiger partial charge in [-0.3, -0.25) is 4.79 Å². The standard InChI is InChI=1S/C15H18N6OS3/c1-7-10(9(3)21-13(16-7)19-15(20-21)24-5)6-11(22)18-14-17-8(2)12(23-4)25-14/h6H2,1-5H3,(H,17,18,22). The Kier molecular flexibility index (Phi) is 5.30. The second kappa shape index (κ2) is 7.30. The number of carbonyl (C=O) groups is 1. The topological polar surface area (TPSA) is 85.1 Å². The van der Waals surface area contributed by atoms with Crippen molar-refractivity contribution in [2.75, 3.05) is 17.8 Å². The summed E-state index contributed by atoms with van der Waals surface area (Å²) in [6.45, 7) is 5.77. The summed E-state index contributed by atoms with van der Waals surface area (Å²) in [4.78, 5) is 25.7. The Hall–Kier alpha value is -1.65. The quantitative estimate of drug-likeness (QED) is 0.665. The number of nitrogens with one attached hydrogen (secondary N) is 1. The van der Waals surface area contributed by atoms with E-state index < -0.39 is 0 Å². The Morgan fingerprint density at radius 1 is 1.12 bits per heavy atom. The third-order valence-electron chi connectivity index (χ3n) is 3.74. The predicted octanol–water partition coefficient (Wildman–Crippen LogP) is 3.13. The first-order chi connectivity index (χ1) is 11.9. The number of nitrogens with zero attached hydrogens (tertiary/aromatic N) is 5. The highest BCUT2D eigenvalue weighted by Gasteiger charge is 2.17. The van der Waals surface area contributed by atoms with Gasteiger partial charge in [-0.05, 0) is 33.3 Å². The Bertz CT molecular complexity index is 949. The van der Waals surface area contributed by atoms with Crippen molar-refractivity contribution in [1.29, 1.82) is 0 Å². The third-order valence-corrected chi connectivity index (χ3v) is 6.56. The summed E-state index contributed by atoms with van der Waals surface area (Å²) >= 11 is 4.59. The zero-order valence-corrected chi connectivity index (χ0v) is 17.0. The van der Waals surface area contributed by atoms with E-state index in [1.54, 1.807) is 16.3 Å². The van der Waals surface area contributed by atoms with Crippen LogP contribution in [0.4, 0.5) is 5.13 Å². The lowest BCUT2D eigenvalue weighted by Crippen LogP contribution is -2.17. The molecule has 0 aromatic carbocycles. The van der Waals surface area contributed by atoms with Gasteiger partial charge in [0, 0.05) is 17.0 Å². The van der Waals surface area contributed by atoms with Crippen LogP contribution in [0.25, 0.3) is 5.78 Å². The average molecular weight is 395 g/mol. The molecule has 132 valence electrons. The van der Waals surface area contributed by atoms with Gasteiger partial charge in [0.05, 0.1) is 16.3 Å². The molecule has 0 fully saturated rings. The van der Waals surface area contributed by atoms with Gasteiger partial charge in [-0.2, -0.15) is 4.98 Å². The Morgan fingerprint density at radius 2 is 1.88 bits per heavy atom. The number of fused-ring (bicyclic) bond motifs is 1. The SMILES string of the molecule is CSc1nc2nc(C)c(CC(=O)Nc3nc(C)c(SC)s3)c(C)n2n1. The highest BCUT2D eigenvalue weighted by atomic mass is 32.2. The third kappa shape index (κ3) is 3.65. The zero-order valence-electron chi connectivity index (χ0n) is 14.6. The Labute approximate surface area is 158 Å². The maximum atomic E-state index is 12.5. The number of rotatable bonds is 5. The number of aromatic nitrogens is 5. The minimum atomic E-state index is -0.112. The van der Waals surface area contributed by atoms with Gasteiger partial charge >= 0.3 is 0 Å². The van der Waals surface area contributed by atoms with Crippen LogP contribution >= 0.6 is 34.9 Å².